The highest BCUT2D eigenvalue weighted by molar-refractivity contribution is 5.43. The van der Waals surface area contributed by atoms with E-state index >= 15 is 0 Å². The summed E-state index contributed by atoms with van der Waals surface area (Å²) >= 11 is 0. The van der Waals surface area contributed by atoms with Crippen LogP contribution in [-0.4, -0.2) is 23.8 Å². The molecule has 0 aromatic carbocycles. The average molecular weight is 274 g/mol. The molecule has 1 aromatic heterocycles. The van der Waals surface area contributed by atoms with Crippen molar-refractivity contribution in [3.05, 3.63) is 22.9 Å². The number of rotatable bonds is 4. The third-order valence-electron chi connectivity index (χ3n) is 3.24. The summed E-state index contributed by atoms with van der Waals surface area (Å²) in [4.78, 5) is 4.52. The van der Waals surface area contributed by atoms with Crippen molar-refractivity contribution in [3.8, 4) is 11.9 Å². The van der Waals surface area contributed by atoms with Gasteiger partial charge in [-0.15, -0.1) is 0 Å². The Labute approximate surface area is 120 Å². The maximum atomic E-state index is 9.20. The van der Waals surface area contributed by atoms with Crippen LogP contribution in [0.2, 0.25) is 0 Å². The monoisotopic (exact) mass is 274 g/mol. The number of nitriles is 1. The summed E-state index contributed by atoms with van der Waals surface area (Å²) in [5.74, 6) is 0.450. The molecule has 0 saturated heterocycles. The van der Waals surface area contributed by atoms with Gasteiger partial charge in [0.05, 0.1) is 12.2 Å². The number of hydrogen-bond donors (Lipinski definition) is 0. The Kier molecular flexibility index (Phi) is 4.61. The Morgan fingerprint density at radius 3 is 2.70 bits per heavy atom. The van der Waals surface area contributed by atoms with Crippen LogP contribution in [0.25, 0.3) is 0 Å². The maximum Gasteiger partial charge on any atom is 0.232 e. The van der Waals surface area contributed by atoms with Gasteiger partial charge in [-0.1, -0.05) is 0 Å². The highest BCUT2D eigenvalue weighted by atomic mass is 16.5. The molecule has 0 amide bonds. The average Bonchev–Trinajstić information content (AvgIpc) is 2.41. The zero-order valence-electron chi connectivity index (χ0n) is 12.5. The van der Waals surface area contributed by atoms with Gasteiger partial charge in [-0.2, -0.15) is 5.26 Å². The Morgan fingerprint density at radius 2 is 2.00 bits per heavy atom. The Balaban J connectivity index is 2.02. The lowest BCUT2D eigenvalue weighted by Gasteiger charge is -2.20. The van der Waals surface area contributed by atoms with Crippen LogP contribution in [0.5, 0.6) is 5.88 Å². The molecule has 0 N–H and O–H groups in total. The highest BCUT2D eigenvalue weighted by Crippen LogP contribution is 2.25. The van der Waals surface area contributed by atoms with Crippen molar-refractivity contribution in [2.75, 3.05) is 13.2 Å². The van der Waals surface area contributed by atoms with E-state index in [1.54, 1.807) is 0 Å². The van der Waals surface area contributed by atoms with Crippen LogP contribution in [0.4, 0.5) is 0 Å². The van der Waals surface area contributed by atoms with Crippen LogP contribution in [0.15, 0.2) is 6.07 Å². The molecule has 0 aliphatic heterocycles. The van der Waals surface area contributed by atoms with E-state index in [1.807, 2.05) is 26.8 Å². The molecule has 20 heavy (non-hydrogen) atoms. The predicted octanol–water partition coefficient (Wildman–Crippen LogP) is 3.03. The molecular formula is C16H22N2O2. The number of nitrogens with zero attached hydrogens (tertiary/aromatic N) is 2. The third kappa shape index (κ3) is 3.94. The minimum Gasteiger partial charge on any atom is -0.474 e. The first-order valence-electron chi connectivity index (χ1n) is 7.19. The Bertz CT molecular complexity index is 512. The summed E-state index contributed by atoms with van der Waals surface area (Å²) in [6, 6.07) is 4.11. The molecule has 1 aliphatic carbocycles. The molecule has 0 radical (unpaired) electrons. The van der Waals surface area contributed by atoms with Gasteiger partial charge in [0.25, 0.3) is 0 Å². The summed E-state index contributed by atoms with van der Waals surface area (Å²) < 4.78 is 11.2. The number of ether oxygens (including phenoxy) is 2. The first kappa shape index (κ1) is 14.8. The van der Waals surface area contributed by atoms with Crippen molar-refractivity contribution < 1.29 is 9.47 Å². The van der Waals surface area contributed by atoms with Gasteiger partial charge in [0.1, 0.15) is 18.2 Å². The number of aryl methyl sites for hydroxylation is 2. The van der Waals surface area contributed by atoms with Crippen LogP contribution in [0.3, 0.4) is 0 Å². The molecule has 4 heteroatoms. The number of aromatic nitrogens is 1. The van der Waals surface area contributed by atoms with Crippen LogP contribution in [-0.2, 0) is 17.6 Å². The summed E-state index contributed by atoms with van der Waals surface area (Å²) in [6.07, 6.45) is 4.35. The van der Waals surface area contributed by atoms with Gasteiger partial charge < -0.3 is 9.47 Å². The lowest BCUT2D eigenvalue weighted by Crippen LogP contribution is -2.22. The predicted molar refractivity (Wildman–Crippen MR) is 76.8 cm³/mol. The molecule has 2 rings (SSSR count). The molecule has 4 nitrogen and oxygen atoms in total. The molecule has 0 unspecified atom stereocenters. The van der Waals surface area contributed by atoms with E-state index in [9.17, 15) is 5.26 Å². The van der Waals surface area contributed by atoms with E-state index < -0.39 is 0 Å². The second-order valence-corrected chi connectivity index (χ2v) is 6.08. The minimum absolute atomic E-state index is 0.176. The summed E-state index contributed by atoms with van der Waals surface area (Å²) in [5.41, 5.74) is 2.64. The second kappa shape index (κ2) is 6.23. The summed E-state index contributed by atoms with van der Waals surface area (Å²) in [6.45, 7) is 6.92. The van der Waals surface area contributed by atoms with Crippen molar-refractivity contribution in [2.45, 2.75) is 52.1 Å². The lowest BCUT2D eigenvalue weighted by molar-refractivity contribution is -0.0168. The van der Waals surface area contributed by atoms with Crippen molar-refractivity contribution >= 4 is 0 Å². The zero-order chi connectivity index (χ0) is 14.6. The molecule has 0 bridgehead atoms. The maximum absolute atomic E-state index is 9.20. The second-order valence-electron chi connectivity index (χ2n) is 6.08. The quantitative estimate of drug-likeness (QED) is 0.792. The van der Waals surface area contributed by atoms with Crippen LogP contribution < -0.4 is 4.74 Å². The first-order valence-corrected chi connectivity index (χ1v) is 7.19. The Hall–Kier alpha value is -1.60. The topological polar surface area (TPSA) is 55.1 Å². The molecule has 108 valence electrons. The molecule has 1 aromatic rings. The zero-order valence-corrected chi connectivity index (χ0v) is 12.5. The molecule has 1 aliphatic rings. The van der Waals surface area contributed by atoms with Crippen molar-refractivity contribution in [1.29, 1.82) is 5.26 Å². The van der Waals surface area contributed by atoms with Gasteiger partial charge in [-0.05, 0) is 58.1 Å². The Morgan fingerprint density at radius 1 is 1.25 bits per heavy atom. The van der Waals surface area contributed by atoms with Crippen LogP contribution in [0.1, 0.15) is 50.4 Å². The van der Waals surface area contributed by atoms with Crippen LogP contribution >= 0.6 is 0 Å². The minimum atomic E-state index is -0.176. The normalized spacial score (nSPS) is 14.5. The van der Waals surface area contributed by atoms with Crippen LogP contribution in [0, 0.1) is 11.3 Å². The molecule has 0 spiro atoms. The molecule has 0 fully saturated rings. The molecule has 0 atom stereocenters. The molecule has 0 saturated carbocycles. The van der Waals surface area contributed by atoms with Crippen molar-refractivity contribution in [2.24, 2.45) is 0 Å². The fraction of sp³-hybridized carbons (Fsp3) is 0.625. The standard InChI is InChI=1S/C16H22N2O2/c1-16(2,3)20-9-8-19-15-13(11-17)10-12-6-4-5-7-14(12)18-15/h10H,4-9H2,1-3H3. The summed E-state index contributed by atoms with van der Waals surface area (Å²) in [7, 11) is 0. The smallest absolute Gasteiger partial charge is 0.232 e. The van der Waals surface area contributed by atoms with E-state index in [4.69, 9.17) is 9.47 Å². The van der Waals surface area contributed by atoms with E-state index in [2.05, 4.69) is 11.1 Å². The van der Waals surface area contributed by atoms with Crippen molar-refractivity contribution in [3.63, 3.8) is 0 Å². The van der Waals surface area contributed by atoms with E-state index in [1.165, 1.54) is 18.4 Å². The third-order valence-corrected chi connectivity index (χ3v) is 3.24. The fourth-order valence-corrected chi connectivity index (χ4v) is 2.29. The lowest BCUT2D eigenvalue weighted by atomic mass is 9.95. The number of fused-ring (bicyclic) bond motifs is 1. The highest BCUT2D eigenvalue weighted by Gasteiger charge is 2.16. The largest absolute Gasteiger partial charge is 0.474 e. The van der Waals surface area contributed by atoms with E-state index in [-0.39, 0.29) is 5.60 Å². The van der Waals surface area contributed by atoms with Gasteiger partial charge in [-0.25, -0.2) is 4.98 Å². The van der Waals surface area contributed by atoms with Gasteiger partial charge in [0.2, 0.25) is 5.88 Å². The summed E-state index contributed by atoms with van der Waals surface area (Å²) in [5, 5.41) is 9.20. The van der Waals surface area contributed by atoms with Crippen molar-refractivity contribution in [1.82, 2.24) is 4.98 Å². The van der Waals surface area contributed by atoms with Gasteiger partial charge >= 0.3 is 0 Å². The SMILES string of the molecule is CC(C)(C)OCCOc1nc2c(cc1C#N)CCCC2. The van der Waals surface area contributed by atoms with Gasteiger partial charge in [0, 0.05) is 5.69 Å². The first-order chi connectivity index (χ1) is 9.49. The molecule has 1 heterocycles. The fourth-order valence-electron chi connectivity index (χ4n) is 2.29. The number of pyridine rings is 1. The molecular weight excluding hydrogens is 252 g/mol. The van der Waals surface area contributed by atoms with E-state index in [0.717, 1.165) is 18.5 Å². The van der Waals surface area contributed by atoms with E-state index in [0.29, 0.717) is 24.7 Å². The van der Waals surface area contributed by atoms with Gasteiger partial charge in [0.15, 0.2) is 0 Å². The van der Waals surface area contributed by atoms with Gasteiger partial charge in [-0.3, -0.25) is 0 Å². The number of hydrogen-bond acceptors (Lipinski definition) is 4.